The molecule has 1 aliphatic rings. The van der Waals surface area contributed by atoms with E-state index in [9.17, 15) is 20.1 Å². The predicted molar refractivity (Wildman–Crippen MR) is 96.3 cm³/mol. The van der Waals surface area contributed by atoms with E-state index in [0.717, 1.165) is 10.1 Å². The lowest BCUT2D eigenvalue weighted by Crippen LogP contribution is -2.36. The van der Waals surface area contributed by atoms with Crippen LogP contribution in [-0.2, 0) is 4.74 Å². The lowest BCUT2D eigenvalue weighted by molar-refractivity contribution is -0.0549. The number of benzene rings is 1. The van der Waals surface area contributed by atoms with Gasteiger partial charge in [-0.3, -0.25) is 4.57 Å². The topological polar surface area (TPSA) is 162 Å². The number of nitrogen functional groups attached to an aromatic ring is 1. The Bertz CT molecular complexity index is 1040. The van der Waals surface area contributed by atoms with E-state index in [1.807, 2.05) is 30.3 Å². The summed E-state index contributed by atoms with van der Waals surface area (Å²) in [4.78, 5) is 16.0. The molecule has 0 bridgehead atoms. The van der Waals surface area contributed by atoms with E-state index in [0.29, 0.717) is 5.69 Å². The molecular weight excluding hydrogens is 368 g/mol. The first-order chi connectivity index (χ1) is 13.5. The normalized spacial score (nSPS) is 24.5. The molecule has 4 rings (SSSR count). The Labute approximate surface area is 158 Å². The average molecular weight is 386 g/mol. The average Bonchev–Trinajstić information content (AvgIpc) is 3.29. The van der Waals surface area contributed by atoms with Gasteiger partial charge in [0.05, 0.1) is 12.8 Å². The second kappa shape index (κ2) is 7.13. The Morgan fingerprint density at radius 3 is 2.57 bits per heavy atom. The Kier molecular flexibility index (Phi) is 4.65. The highest BCUT2D eigenvalue weighted by atomic mass is 16.6. The number of hydrogen-bond acceptors (Lipinski definition) is 9. The molecule has 4 unspecified atom stereocenters. The first kappa shape index (κ1) is 18.3. The quantitative estimate of drug-likeness (QED) is 0.426. The van der Waals surface area contributed by atoms with Crippen molar-refractivity contribution in [1.29, 1.82) is 0 Å². The lowest BCUT2D eigenvalue weighted by Gasteiger charge is -2.18. The minimum absolute atomic E-state index is 0.0856. The highest BCUT2D eigenvalue weighted by molar-refractivity contribution is 5.59. The smallest absolute Gasteiger partial charge is 0.351 e. The van der Waals surface area contributed by atoms with Crippen LogP contribution in [0.25, 0.3) is 16.9 Å². The number of hydrogen-bond donors (Lipinski definition) is 4. The summed E-state index contributed by atoms with van der Waals surface area (Å²) < 4.78 is 7.74. The van der Waals surface area contributed by atoms with Gasteiger partial charge in [-0.05, 0) is 0 Å². The fraction of sp³-hybridized carbons (Fsp3) is 0.294. The number of aromatic nitrogens is 5. The Balaban J connectivity index is 1.73. The molecule has 1 aromatic carbocycles. The maximum atomic E-state index is 12.3. The summed E-state index contributed by atoms with van der Waals surface area (Å²) in [5.74, 6) is -0.0856. The van der Waals surface area contributed by atoms with Crippen LogP contribution in [0.2, 0.25) is 0 Å². The van der Waals surface area contributed by atoms with E-state index >= 15 is 0 Å². The van der Waals surface area contributed by atoms with Gasteiger partial charge in [0.2, 0.25) is 0 Å². The Hall–Kier alpha value is -3.12. The maximum absolute atomic E-state index is 12.3. The second-order valence-corrected chi connectivity index (χ2v) is 6.34. The number of nitrogens with two attached hydrogens (primary N) is 1. The molecule has 11 nitrogen and oxygen atoms in total. The largest absolute Gasteiger partial charge is 0.394 e. The molecule has 0 amide bonds. The summed E-state index contributed by atoms with van der Waals surface area (Å²) in [5.41, 5.74) is 6.78. The number of rotatable bonds is 4. The summed E-state index contributed by atoms with van der Waals surface area (Å²) in [6, 6.07) is 9.36. The van der Waals surface area contributed by atoms with Gasteiger partial charge >= 0.3 is 5.69 Å². The van der Waals surface area contributed by atoms with Crippen LogP contribution in [0.5, 0.6) is 0 Å². The molecular formula is C17H18N6O5. The molecule has 3 aromatic rings. The van der Waals surface area contributed by atoms with Crippen molar-refractivity contribution in [2.24, 2.45) is 0 Å². The molecule has 0 spiro atoms. The fourth-order valence-electron chi connectivity index (χ4n) is 3.06. The van der Waals surface area contributed by atoms with Crippen molar-refractivity contribution in [3.8, 4) is 16.9 Å². The van der Waals surface area contributed by atoms with Crippen molar-refractivity contribution in [2.75, 3.05) is 12.3 Å². The van der Waals surface area contributed by atoms with Crippen LogP contribution in [0, 0.1) is 0 Å². The van der Waals surface area contributed by atoms with Gasteiger partial charge < -0.3 is 25.8 Å². The van der Waals surface area contributed by atoms with Crippen molar-refractivity contribution in [3.05, 3.63) is 53.2 Å². The van der Waals surface area contributed by atoms with Crippen LogP contribution >= 0.6 is 0 Å². The van der Waals surface area contributed by atoms with E-state index in [-0.39, 0.29) is 11.5 Å². The molecule has 4 atom stereocenters. The lowest BCUT2D eigenvalue weighted by atomic mass is 10.1. The molecule has 1 aliphatic heterocycles. The van der Waals surface area contributed by atoms with Crippen LogP contribution in [0.15, 0.2) is 47.5 Å². The SMILES string of the molecule is Nc1nc(=O)n(C2OC(CO)C(O)C2O)cc1-n1cc(-c2ccccc2)nn1. The van der Waals surface area contributed by atoms with Crippen molar-refractivity contribution >= 4 is 5.82 Å². The molecule has 28 heavy (non-hydrogen) atoms. The van der Waals surface area contributed by atoms with Gasteiger partial charge in [0, 0.05) is 11.8 Å². The second-order valence-electron chi connectivity index (χ2n) is 6.34. The molecule has 0 aliphatic carbocycles. The van der Waals surface area contributed by atoms with E-state index in [1.54, 1.807) is 6.20 Å². The van der Waals surface area contributed by atoms with Gasteiger partial charge in [-0.2, -0.15) is 4.98 Å². The first-order valence-electron chi connectivity index (χ1n) is 8.49. The Morgan fingerprint density at radius 1 is 1.14 bits per heavy atom. The third kappa shape index (κ3) is 3.05. The predicted octanol–water partition coefficient (Wildman–Crippen LogP) is -1.32. The summed E-state index contributed by atoms with van der Waals surface area (Å²) in [6.45, 7) is -0.512. The fourth-order valence-corrected chi connectivity index (χ4v) is 3.06. The van der Waals surface area contributed by atoms with Gasteiger partial charge in [-0.25, -0.2) is 9.48 Å². The number of ether oxygens (including phenoxy) is 1. The monoisotopic (exact) mass is 386 g/mol. The van der Waals surface area contributed by atoms with Crippen molar-refractivity contribution < 1.29 is 20.1 Å². The molecule has 1 saturated heterocycles. The maximum Gasteiger partial charge on any atom is 0.351 e. The van der Waals surface area contributed by atoms with Crippen molar-refractivity contribution in [1.82, 2.24) is 24.5 Å². The van der Waals surface area contributed by atoms with Crippen LogP contribution < -0.4 is 11.4 Å². The van der Waals surface area contributed by atoms with Gasteiger partial charge in [0.1, 0.15) is 29.7 Å². The molecule has 1 fully saturated rings. The summed E-state index contributed by atoms with van der Waals surface area (Å²) in [5, 5.41) is 37.5. The number of anilines is 1. The molecule has 3 heterocycles. The molecule has 2 aromatic heterocycles. The number of aliphatic hydroxyl groups excluding tert-OH is 3. The summed E-state index contributed by atoms with van der Waals surface area (Å²) in [6.07, 6.45) is -2.10. The van der Waals surface area contributed by atoms with Crippen LogP contribution in [0.3, 0.4) is 0 Å². The highest BCUT2D eigenvalue weighted by Gasteiger charge is 2.44. The van der Waals surface area contributed by atoms with E-state index in [2.05, 4.69) is 15.3 Å². The number of nitrogens with zero attached hydrogens (tertiary/aromatic N) is 5. The van der Waals surface area contributed by atoms with Crippen LogP contribution in [0.4, 0.5) is 5.82 Å². The zero-order valence-corrected chi connectivity index (χ0v) is 14.5. The Morgan fingerprint density at radius 2 is 1.89 bits per heavy atom. The van der Waals surface area contributed by atoms with Gasteiger partial charge in [0.15, 0.2) is 12.0 Å². The molecule has 11 heteroatoms. The van der Waals surface area contributed by atoms with Crippen molar-refractivity contribution in [2.45, 2.75) is 24.5 Å². The van der Waals surface area contributed by atoms with Crippen LogP contribution in [0.1, 0.15) is 6.23 Å². The summed E-state index contributed by atoms with van der Waals surface area (Å²) >= 11 is 0. The van der Waals surface area contributed by atoms with Crippen LogP contribution in [-0.4, -0.2) is 64.8 Å². The third-order valence-corrected chi connectivity index (χ3v) is 4.56. The molecule has 0 saturated carbocycles. The van der Waals surface area contributed by atoms with Gasteiger partial charge in [-0.1, -0.05) is 35.5 Å². The zero-order chi connectivity index (χ0) is 19.8. The summed E-state index contributed by atoms with van der Waals surface area (Å²) in [7, 11) is 0. The minimum Gasteiger partial charge on any atom is -0.394 e. The standard InChI is InChI=1S/C17H18N6O5/c18-15-11(23-6-10(20-21-23)9-4-2-1-3-5-9)7-22(17(27)19-15)16-14(26)13(25)12(8-24)28-16/h1-7,12-14,16,24-26H,8H2,(H2,18,19,27). The van der Waals surface area contributed by atoms with E-state index in [1.165, 1.54) is 10.9 Å². The number of aliphatic hydroxyl groups is 3. The zero-order valence-electron chi connectivity index (χ0n) is 14.5. The van der Waals surface area contributed by atoms with Gasteiger partial charge in [-0.15, -0.1) is 5.10 Å². The van der Waals surface area contributed by atoms with Gasteiger partial charge in [0.25, 0.3) is 0 Å². The van der Waals surface area contributed by atoms with E-state index < -0.39 is 36.8 Å². The van der Waals surface area contributed by atoms with Crippen molar-refractivity contribution in [3.63, 3.8) is 0 Å². The third-order valence-electron chi connectivity index (χ3n) is 4.56. The highest BCUT2D eigenvalue weighted by Crippen LogP contribution is 2.29. The molecule has 5 N–H and O–H groups in total. The molecule has 0 radical (unpaired) electrons. The minimum atomic E-state index is -1.43. The molecule has 146 valence electrons. The van der Waals surface area contributed by atoms with E-state index in [4.69, 9.17) is 10.5 Å². The first-order valence-corrected chi connectivity index (χ1v) is 8.49.